The van der Waals surface area contributed by atoms with E-state index in [2.05, 4.69) is 6.92 Å². The fourth-order valence-electron chi connectivity index (χ4n) is 1.52. The molecule has 1 rings (SSSR count). The number of carbonyl (C=O) groups excluding carboxylic acids is 1. The third-order valence-corrected chi connectivity index (χ3v) is 2.44. The van der Waals surface area contributed by atoms with E-state index in [1.165, 1.54) is 0 Å². The van der Waals surface area contributed by atoms with Crippen molar-refractivity contribution in [2.24, 2.45) is 5.92 Å². The minimum absolute atomic E-state index is 0. The lowest BCUT2D eigenvalue weighted by molar-refractivity contribution is 0.0190. The molecule has 0 unspecified atom stereocenters. The van der Waals surface area contributed by atoms with Crippen molar-refractivity contribution >= 4 is 6.09 Å². The summed E-state index contributed by atoms with van der Waals surface area (Å²) in [6.45, 7) is 9.62. The van der Waals surface area contributed by atoms with Crippen LogP contribution in [0.5, 0.6) is 0 Å². The van der Waals surface area contributed by atoms with Crippen LogP contribution < -0.4 is 6.15 Å². The van der Waals surface area contributed by atoms with Gasteiger partial charge in [-0.05, 0) is 39.5 Å². The molecular formula is C11H24N2O2. The predicted molar refractivity (Wildman–Crippen MR) is 61.2 cm³/mol. The lowest BCUT2D eigenvalue weighted by Crippen LogP contribution is -2.41. The smallest absolute Gasteiger partial charge is 0.410 e. The number of hydrogen-bond donors (Lipinski definition) is 1. The summed E-state index contributed by atoms with van der Waals surface area (Å²) in [6.07, 6.45) is 2.03. The van der Waals surface area contributed by atoms with E-state index in [0.29, 0.717) is 0 Å². The molecule has 4 nitrogen and oxygen atoms in total. The first kappa shape index (κ1) is 14.2. The van der Waals surface area contributed by atoms with Gasteiger partial charge >= 0.3 is 6.09 Å². The summed E-state index contributed by atoms with van der Waals surface area (Å²) < 4.78 is 5.30. The molecule has 0 radical (unpaired) electrons. The van der Waals surface area contributed by atoms with E-state index in [9.17, 15) is 4.79 Å². The van der Waals surface area contributed by atoms with Crippen LogP contribution in [0.1, 0.15) is 40.5 Å². The molecule has 0 saturated carbocycles. The normalized spacial score (nSPS) is 18.3. The molecule has 1 saturated heterocycles. The van der Waals surface area contributed by atoms with Gasteiger partial charge in [0, 0.05) is 13.1 Å². The predicted octanol–water partition coefficient (Wildman–Crippen LogP) is 2.82. The molecule has 0 spiro atoms. The van der Waals surface area contributed by atoms with Gasteiger partial charge in [0.1, 0.15) is 5.60 Å². The Morgan fingerprint density at radius 2 is 1.73 bits per heavy atom. The van der Waals surface area contributed by atoms with Crippen LogP contribution >= 0.6 is 0 Å². The van der Waals surface area contributed by atoms with Crippen LogP contribution in [0.15, 0.2) is 0 Å². The number of piperidine rings is 1. The van der Waals surface area contributed by atoms with Crippen molar-refractivity contribution in [1.29, 1.82) is 0 Å². The lowest BCUT2D eigenvalue weighted by Gasteiger charge is -2.32. The monoisotopic (exact) mass is 216 g/mol. The van der Waals surface area contributed by atoms with Gasteiger partial charge in [-0.2, -0.15) is 0 Å². The van der Waals surface area contributed by atoms with Crippen LogP contribution in [0.3, 0.4) is 0 Å². The Balaban J connectivity index is 0.00000196. The van der Waals surface area contributed by atoms with Crippen molar-refractivity contribution in [2.75, 3.05) is 13.1 Å². The Bertz CT molecular complexity index is 203. The first-order valence-corrected chi connectivity index (χ1v) is 5.36. The minimum atomic E-state index is -0.375. The molecule has 0 aromatic heterocycles. The summed E-state index contributed by atoms with van der Waals surface area (Å²) in [4.78, 5) is 13.4. The lowest BCUT2D eigenvalue weighted by atomic mass is 10.00. The Labute approximate surface area is 92.6 Å². The molecular weight excluding hydrogens is 192 g/mol. The van der Waals surface area contributed by atoms with Crippen LogP contribution in [-0.4, -0.2) is 29.7 Å². The summed E-state index contributed by atoms with van der Waals surface area (Å²) in [5, 5.41) is 0. The highest BCUT2D eigenvalue weighted by Crippen LogP contribution is 2.18. The number of nitrogens with zero attached hydrogens (tertiary/aromatic N) is 1. The molecule has 15 heavy (non-hydrogen) atoms. The van der Waals surface area contributed by atoms with Crippen molar-refractivity contribution in [3.8, 4) is 0 Å². The highest BCUT2D eigenvalue weighted by molar-refractivity contribution is 5.68. The first-order chi connectivity index (χ1) is 6.38. The number of carbonyl (C=O) groups is 1. The van der Waals surface area contributed by atoms with E-state index in [1.54, 1.807) is 0 Å². The van der Waals surface area contributed by atoms with Crippen molar-refractivity contribution in [1.82, 2.24) is 11.1 Å². The number of rotatable bonds is 0. The SMILES string of the molecule is CC1CCN(C(=O)OC(C)(C)C)CC1.N. The average molecular weight is 216 g/mol. The largest absolute Gasteiger partial charge is 0.444 e. The van der Waals surface area contributed by atoms with E-state index in [1.807, 2.05) is 25.7 Å². The highest BCUT2D eigenvalue weighted by Gasteiger charge is 2.24. The molecule has 1 aliphatic heterocycles. The van der Waals surface area contributed by atoms with Crippen molar-refractivity contribution in [2.45, 2.75) is 46.1 Å². The van der Waals surface area contributed by atoms with Crippen LogP contribution in [0.25, 0.3) is 0 Å². The summed E-state index contributed by atoms with van der Waals surface area (Å²) in [5.74, 6) is 0.744. The third-order valence-electron chi connectivity index (χ3n) is 2.44. The van der Waals surface area contributed by atoms with E-state index in [0.717, 1.165) is 31.8 Å². The molecule has 0 bridgehead atoms. The first-order valence-electron chi connectivity index (χ1n) is 5.36. The van der Waals surface area contributed by atoms with E-state index in [-0.39, 0.29) is 17.8 Å². The molecule has 1 heterocycles. The molecule has 0 aromatic carbocycles. The molecule has 90 valence electrons. The average Bonchev–Trinajstić information content (AvgIpc) is 2.02. The zero-order valence-corrected chi connectivity index (χ0v) is 10.4. The summed E-state index contributed by atoms with van der Waals surface area (Å²) in [6, 6.07) is 0. The number of likely N-dealkylation sites (tertiary alicyclic amines) is 1. The summed E-state index contributed by atoms with van der Waals surface area (Å²) in [5.41, 5.74) is -0.375. The van der Waals surface area contributed by atoms with Gasteiger partial charge in [-0.25, -0.2) is 4.79 Å². The maximum Gasteiger partial charge on any atom is 0.410 e. The third kappa shape index (κ3) is 5.02. The van der Waals surface area contributed by atoms with Crippen molar-refractivity contribution in [3.63, 3.8) is 0 Å². The van der Waals surface area contributed by atoms with Gasteiger partial charge in [0.2, 0.25) is 0 Å². The highest BCUT2D eigenvalue weighted by atomic mass is 16.6. The Morgan fingerprint density at radius 1 is 1.27 bits per heavy atom. The van der Waals surface area contributed by atoms with Gasteiger partial charge < -0.3 is 15.8 Å². The number of ether oxygens (including phenoxy) is 1. The van der Waals surface area contributed by atoms with Crippen LogP contribution in [0.4, 0.5) is 4.79 Å². The van der Waals surface area contributed by atoms with Gasteiger partial charge in [0.25, 0.3) is 0 Å². The Morgan fingerprint density at radius 3 is 2.13 bits per heavy atom. The molecule has 1 amide bonds. The second kappa shape index (κ2) is 5.35. The van der Waals surface area contributed by atoms with Gasteiger partial charge in [-0.3, -0.25) is 0 Å². The van der Waals surface area contributed by atoms with Crippen LogP contribution in [-0.2, 0) is 4.74 Å². The fraction of sp³-hybridized carbons (Fsp3) is 0.909. The molecule has 1 fully saturated rings. The standard InChI is InChI=1S/C11H21NO2.H3N/c1-9-5-7-12(8-6-9)10(13)14-11(2,3)4;/h9H,5-8H2,1-4H3;1H3. The van der Waals surface area contributed by atoms with E-state index >= 15 is 0 Å². The second-order valence-electron chi connectivity index (χ2n) is 5.15. The van der Waals surface area contributed by atoms with Gasteiger partial charge in [0.05, 0.1) is 0 Å². The minimum Gasteiger partial charge on any atom is -0.444 e. The van der Waals surface area contributed by atoms with E-state index < -0.39 is 0 Å². The molecule has 0 aromatic rings. The maximum atomic E-state index is 11.6. The molecule has 0 atom stereocenters. The summed E-state index contributed by atoms with van der Waals surface area (Å²) >= 11 is 0. The van der Waals surface area contributed by atoms with Gasteiger partial charge in [-0.15, -0.1) is 0 Å². The quantitative estimate of drug-likeness (QED) is 0.677. The van der Waals surface area contributed by atoms with E-state index in [4.69, 9.17) is 4.74 Å². The molecule has 0 aliphatic carbocycles. The van der Waals surface area contributed by atoms with Crippen LogP contribution in [0, 0.1) is 5.92 Å². The second-order valence-corrected chi connectivity index (χ2v) is 5.15. The zero-order valence-electron chi connectivity index (χ0n) is 10.4. The maximum absolute atomic E-state index is 11.6. The molecule has 3 N–H and O–H groups in total. The summed E-state index contributed by atoms with van der Waals surface area (Å²) in [7, 11) is 0. The Kier molecular flexibility index (Phi) is 5.08. The molecule has 1 aliphatic rings. The Hall–Kier alpha value is -0.770. The zero-order chi connectivity index (χ0) is 10.8. The van der Waals surface area contributed by atoms with Crippen molar-refractivity contribution < 1.29 is 9.53 Å². The fourth-order valence-corrected chi connectivity index (χ4v) is 1.52. The molecule has 4 heteroatoms. The van der Waals surface area contributed by atoms with Crippen LogP contribution in [0.2, 0.25) is 0 Å². The number of hydrogen-bond acceptors (Lipinski definition) is 3. The number of amides is 1. The topological polar surface area (TPSA) is 64.5 Å². The van der Waals surface area contributed by atoms with Crippen molar-refractivity contribution in [3.05, 3.63) is 0 Å². The van der Waals surface area contributed by atoms with Gasteiger partial charge in [0.15, 0.2) is 0 Å². The van der Waals surface area contributed by atoms with Gasteiger partial charge in [-0.1, -0.05) is 6.92 Å².